The third-order valence-corrected chi connectivity index (χ3v) is 6.40. The average molecular weight is 525 g/mol. The van der Waals surface area contributed by atoms with Crippen molar-refractivity contribution in [1.82, 2.24) is 9.55 Å². The molecule has 0 radical (unpaired) electrons. The number of ether oxygens (including phenoxy) is 1. The van der Waals surface area contributed by atoms with E-state index in [0.717, 1.165) is 58.5 Å². The van der Waals surface area contributed by atoms with Crippen molar-refractivity contribution in [2.45, 2.75) is 66.0 Å². The standard InChI is InChI=1S/C32H36N4O3/c1-6-8-13-28-35-30-27(19-18-26(34-21-37)29(30)33-7-2)36(28)20-22-14-16-23(17-15-22)24-11-9-10-12-25(24)31(38)39-32(3,4)5/h9-12,14-19,33H,6-8,13,20H2,1-5H3. The van der Waals surface area contributed by atoms with E-state index in [-0.39, 0.29) is 5.97 Å². The number of aromatic nitrogens is 2. The number of nitrogens with one attached hydrogen (secondary N) is 1. The second kappa shape index (κ2) is 12.1. The maximum absolute atomic E-state index is 12.9. The molecule has 0 saturated carbocycles. The van der Waals surface area contributed by atoms with Crippen LogP contribution in [0.2, 0.25) is 0 Å². The summed E-state index contributed by atoms with van der Waals surface area (Å²) in [5.74, 6) is 0.667. The van der Waals surface area contributed by atoms with Crippen LogP contribution in [-0.4, -0.2) is 33.7 Å². The minimum Gasteiger partial charge on any atom is -0.456 e. The highest BCUT2D eigenvalue weighted by Gasteiger charge is 2.21. The van der Waals surface area contributed by atoms with Gasteiger partial charge in [-0.3, -0.25) is 0 Å². The van der Waals surface area contributed by atoms with Crippen molar-refractivity contribution in [3.63, 3.8) is 0 Å². The molecule has 4 aromatic rings. The number of hydrogen-bond acceptors (Lipinski definition) is 6. The maximum atomic E-state index is 12.9. The second-order valence-electron chi connectivity index (χ2n) is 10.5. The number of rotatable bonds is 10. The van der Waals surface area contributed by atoms with E-state index in [2.05, 4.69) is 33.9 Å². The van der Waals surface area contributed by atoms with Crippen LogP contribution in [0, 0.1) is 0 Å². The van der Waals surface area contributed by atoms with Gasteiger partial charge >= 0.3 is 5.97 Å². The maximum Gasteiger partial charge on any atom is 0.339 e. The molecule has 0 fully saturated rings. The zero-order valence-electron chi connectivity index (χ0n) is 23.4. The van der Waals surface area contributed by atoms with Gasteiger partial charge in [0, 0.05) is 19.5 Å². The van der Waals surface area contributed by atoms with E-state index in [1.54, 1.807) is 12.1 Å². The molecule has 0 unspecified atom stereocenters. The van der Waals surface area contributed by atoms with Crippen molar-refractivity contribution in [2.24, 2.45) is 4.99 Å². The van der Waals surface area contributed by atoms with Gasteiger partial charge in [-0.15, -0.1) is 0 Å². The van der Waals surface area contributed by atoms with Crippen molar-refractivity contribution in [2.75, 3.05) is 11.9 Å². The van der Waals surface area contributed by atoms with E-state index >= 15 is 0 Å². The molecular formula is C32H36N4O3. The molecule has 0 atom stereocenters. The fourth-order valence-corrected chi connectivity index (χ4v) is 4.64. The Morgan fingerprint density at radius 3 is 2.46 bits per heavy atom. The van der Waals surface area contributed by atoms with E-state index in [1.807, 2.05) is 70.2 Å². The molecule has 1 heterocycles. The highest BCUT2D eigenvalue weighted by atomic mass is 16.6. The minimum atomic E-state index is -0.565. The molecule has 1 N–H and O–H groups in total. The summed E-state index contributed by atoms with van der Waals surface area (Å²) < 4.78 is 7.87. The molecule has 0 aliphatic heterocycles. The summed E-state index contributed by atoms with van der Waals surface area (Å²) in [6.45, 7) is 11.1. The number of imidazole rings is 1. The molecule has 0 saturated heterocycles. The zero-order chi connectivity index (χ0) is 28.0. The number of aliphatic imine (C=N–C) groups is 1. The van der Waals surface area contributed by atoms with Crippen molar-refractivity contribution in [3.8, 4) is 11.1 Å². The van der Waals surface area contributed by atoms with Crippen molar-refractivity contribution in [3.05, 3.63) is 77.6 Å². The fourth-order valence-electron chi connectivity index (χ4n) is 4.64. The SMILES string of the molecule is CCCCc1nc2c(NCC)c(N=C=O)ccc2n1Cc1ccc(-c2ccccc2C(=O)OC(C)(C)C)cc1. The summed E-state index contributed by atoms with van der Waals surface area (Å²) in [5.41, 5.74) is 5.98. The number of carbonyl (C=O) groups is 1. The van der Waals surface area contributed by atoms with Crippen LogP contribution in [0.1, 0.15) is 69.2 Å². The van der Waals surface area contributed by atoms with Crippen LogP contribution in [0.25, 0.3) is 22.2 Å². The monoisotopic (exact) mass is 524 g/mol. The number of nitrogens with zero attached hydrogens (tertiary/aromatic N) is 3. The Labute approximate surface area is 229 Å². The van der Waals surface area contributed by atoms with Gasteiger partial charge in [-0.1, -0.05) is 55.8 Å². The largest absolute Gasteiger partial charge is 0.456 e. The topological polar surface area (TPSA) is 85.6 Å². The first-order chi connectivity index (χ1) is 18.8. The Hall–Kier alpha value is -4.22. The van der Waals surface area contributed by atoms with E-state index in [4.69, 9.17) is 9.72 Å². The number of hydrogen-bond donors (Lipinski definition) is 1. The first kappa shape index (κ1) is 27.8. The lowest BCUT2D eigenvalue weighted by molar-refractivity contribution is 0.00704. The molecule has 0 spiro atoms. The lowest BCUT2D eigenvalue weighted by atomic mass is 9.98. The van der Waals surface area contributed by atoms with E-state index in [0.29, 0.717) is 24.3 Å². The Bertz CT molecular complexity index is 1510. The summed E-state index contributed by atoms with van der Waals surface area (Å²) >= 11 is 0. The molecule has 1 aromatic heterocycles. The van der Waals surface area contributed by atoms with Gasteiger partial charge in [0.1, 0.15) is 22.6 Å². The average Bonchev–Trinajstić information content (AvgIpc) is 3.25. The molecule has 7 heteroatoms. The summed E-state index contributed by atoms with van der Waals surface area (Å²) in [7, 11) is 0. The van der Waals surface area contributed by atoms with Gasteiger partial charge in [0.15, 0.2) is 0 Å². The molecule has 202 valence electrons. The minimum absolute atomic E-state index is 0.331. The van der Waals surface area contributed by atoms with Gasteiger partial charge in [-0.05, 0) is 69.0 Å². The van der Waals surface area contributed by atoms with Crippen molar-refractivity contribution in [1.29, 1.82) is 0 Å². The molecule has 4 rings (SSSR count). The lowest BCUT2D eigenvalue weighted by Crippen LogP contribution is -2.24. The Kier molecular flexibility index (Phi) is 8.62. The summed E-state index contributed by atoms with van der Waals surface area (Å²) in [5, 5.41) is 3.33. The van der Waals surface area contributed by atoms with E-state index in [1.165, 1.54) is 0 Å². The molecule has 7 nitrogen and oxygen atoms in total. The smallest absolute Gasteiger partial charge is 0.339 e. The lowest BCUT2D eigenvalue weighted by Gasteiger charge is -2.20. The Balaban J connectivity index is 1.70. The normalized spacial score (nSPS) is 11.3. The van der Waals surface area contributed by atoms with Crippen LogP contribution in [0.4, 0.5) is 11.4 Å². The van der Waals surface area contributed by atoms with Gasteiger partial charge in [0.05, 0.1) is 16.8 Å². The number of unbranched alkanes of at least 4 members (excludes halogenated alkanes) is 1. The number of benzene rings is 3. The molecule has 0 amide bonds. The third-order valence-electron chi connectivity index (χ3n) is 6.40. The van der Waals surface area contributed by atoms with Crippen molar-refractivity contribution < 1.29 is 14.3 Å². The molecule has 39 heavy (non-hydrogen) atoms. The van der Waals surface area contributed by atoms with Crippen LogP contribution >= 0.6 is 0 Å². The summed E-state index contributed by atoms with van der Waals surface area (Å²) in [6, 6.07) is 19.6. The predicted molar refractivity (Wildman–Crippen MR) is 156 cm³/mol. The number of fused-ring (bicyclic) bond motifs is 1. The summed E-state index contributed by atoms with van der Waals surface area (Å²) in [4.78, 5) is 32.7. The molecule has 0 aliphatic rings. The fraction of sp³-hybridized carbons (Fsp3) is 0.344. The number of aryl methyl sites for hydroxylation is 1. The highest BCUT2D eigenvalue weighted by molar-refractivity contribution is 5.98. The number of carbonyl (C=O) groups excluding carboxylic acids is 2. The van der Waals surface area contributed by atoms with Crippen LogP contribution in [-0.2, 0) is 22.5 Å². The van der Waals surface area contributed by atoms with E-state index < -0.39 is 5.60 Å². The van der Waals surface area contributed by atoms with Crippen LogP contribution in [0.15, 0.2) is 65.7 Å². The third kappa shape index (κ3) is 6.44. The van der Waals surface area contributed by atoms with Crippen LogP contribution < -0.4 is 5.32 Å². The van der Waals surface area contributed by atoms with Gasteiger partial charge in [0.25, 0.3) is 0 Å². The number of anilines is 1. The first-order valence-corrected chi connectivity index (χ1v) is 13.5. The summed E-state index contributed by atoms with van der Waals surface area (Å²) in [6.07, 6.45) is 4.60. The second-order valence-corrected chi connectivity index (χ2v) is 10.5. The van der Waals surface area contributed by atoms with Gasteiger partial charge in [-0.2, -0.15) is 4.99 Å². The van der Waals surface area contributed by atoms with Crippen LogP contribution in [0.5, 0.6) is 0 Å². The molecule has 3 aromatic carbocycles. The molecular weight excluding hydrogens is 488 g/mol. The quantitative estimate of drug-likeness (QED) is 0.132. The van der Waals surface area contributed by atoms with Crippen LogP contribution in [0.3, 0.4) is 0 Å². The van der Waals surface area contributed by atoms with Gasteiger partial charge in [0.2, 0.25) is 6.08 Å². The van der Waals surface area contributed by atoms with Gasteiger partial charge in [-0.25, -0.2) is 14.6 Å². The van der Waals surface area contributed by atoms with E-state index in [9.17, 15) is 9.59 Å². The molecule has 0 bridgehead atoms. The first-order valence-electron chi connectivity index (χ1n) is 13.5. The predicted octanol–water partition coefficient (Wildman–Crippen LogP) is 7.45. The Morgan fingerprint density at radius 2 is 1.79 bits per heavy atom. The zero-order valence-corrected chi connectivity index (χ0v) is 23.4. The number of isocyanates is 1. The number of esters is 1. The Morgan fingerprint density at radius 1 is 1.05 bits per heavy atom. The van der Waals surface area contributed by atoms with Crippen molar-refractivity contribution >= 4 is 34.5 Å². The molecule has 0 aliphatic carbocycles. The highest BCUT2D eigenvalue weighted by Crippen LogP contribution is 2.34. The van der Waals surface area contributed by atoms with Gasteiger partial charge < -0.3 is 14.6 Å².